The Labute approximate surface area is 289 Å². The Kier molecular flexibility index (Phi) is 8.83. The van der Waals surface area contributed by atoms with E-state index < -0.39 is 17.0 Å². The van der Waals surface area contributed by atoms with Crippen LogP contribution in [0.1, 0.15) is 62.8 Å². The molecule has 5 aromatic carbocycles. The molecular weight excluding hydrogens is 607 g/mol. The van der Waals surface area contributed by atoms with E-state index in [4.69, 9.17) is 0 Å². The van der Waals surface area contributed by atoms with Crippen molar-refractivity contribution in [2.75, 3.05) is 18.0 Å². The number of benzene rings is 5. The highest BCUT2D eigenvalue weighted by molar-refractivity contribution is 6.08. The van der Waals surface area contributed by atoms with Crippen molar-refractivity contribution < 1.29 is 13.4 Å². The summed E-state index contributed by atoms with van der Waals surface area (Å²) in [7, 11) is 0. The Balaban J connectivity index is 1.47. The van der Waals surface area contributed by atoms with Crippen LogP contribution >= 0.6 is 0 Å². The molecule has 0 fully saturated rings. The topological polar surface area (TPSA) is 6.25 Å². The van der Waals surface area contributed by atoms with Crippen LogP contribution in [0.15, 0.2) is 133 Å². The smallest absolute Gasteiger partial charge is 0.210 e. The number of hydrogen-bond donors (Lipinski definition) is 0. The average molecular weight is 652 g/mol. The monoisotopic (exact) mass is 651 g/mol. The third kappa shape index (κ3) is 5.71. The predicted octanol–water partition coefficient (Wildman–Crippen LogP) is 11.0. The summed E-state index contributed by atoms with van der Waals surface area (Å²) in [5, 5.41) is 2.32. The van der Waals surface area contributed by atoms with Gasteiger partial charge in [0.25, 0.3) is 0 Å². The number of anilines is 1. The molecule has 5 aromatic rings. The van der Waals surface area contributed by atoms with Crippen LogP contribution in [0, 0.1) is 11.6 Å². The van der Waals surface area contributed by atoms with Gasteiger partial charge >= 0.3 is 0 Å². The van der Waals surface area contributed by atoms with Crippen molar-refractivity contribution in [3.63, 3.8) is 0 Å². The van der Waals surface area contributed by atoms with E-state index in [1.165, 1.54) is 39.5 Å². The number of allylic oxidation sites excluding steroid dienone is 4. The van der Waals surface area contributed by atoms with Crippen LogP contribution in [-0.4, -0.2) is 23.4 Å². The molecule has 0 aliphatic carbocycles. The second-order valence-corrected chi connectivity index (χ2v) is 14.1. The summed E-state index contributed by atoms with van der Waals surface area (Å²) >= 11 is 0. The number of rotatable bonds is 10. The molecule has 2 aliphatic heterocycles. The molecule has 0 saturated carbocycles. The summed E-state index contributed by atoms with van der Waals surface area (Å²) in [6, 6.07) is 36.3. The van der Waals surface area contributed by atoms with Crippen molar-refractivity contribution in [2.45, 2.75) is 64.2 Å². The third-order valence-electron chi connectivity index (χ3n) is 10.5. The zero-order valence-electron chi connectivity index (χ0n) is 29.0. The lowest BCUT2D eigenvalue weighted by molar-refractivity contribution is -0.437. The zero-order chi connectivity index (χ0) is 34.2. The second-order valence-electron chi connectivity index (χ2n) is 14.1. The average Bonchev–Trinajstić information content (AvgIpc) is 3.47. The molecule has 2 aliphatic rings. The van der Waals surface area contributed by atoms with E-state index in [-0.39, 0.29) is 5.41 Å². The molecule has 248 valence electrons. The summed E-state index contributed by atoms with van der Waals surface area (Å²) in [6.45, 7) is 10.8. The maximum Gasteiger partial charge on any atom is 0.210 e. The van der Waals surface area contributed by atoms with Crippen LogP contribution in [0.3, 0.4) is 0 Å². The number of halogens is 2. The van der Waals surface area contributed by atoms with Gasteiger partial charge in [-0.05, 0) is 71.0 Å². The van der Waals surface area contributed by atoms with Gasteiger partial charge in [0.15, 0.2) is 5.71 Å². The first kappa shape index (κ1) is 32.7. The summed E-state index contributed by atoms with van der Waals surface area (Å²) in [5.41, 5.74) is 8.30. The van der Waals surface area contributed by atoms with Gasteiger partial charge in [-0.1, -0.05) is 113 Å². The molecule has 49 heavy (non-hydrogen) atoms. The minimum Gasteiger partial charge on any atom is -0.344 e. The SMILES string of the molecule is CCCN1/C(=C/C=C/C2=[N+](CCC)c3ccc4ccccc4c3C2(Cc2ccccc2)Cc2ccc(F)cc2F)C(C)(C)c2ccccc21. The molecule has 1 unspecified atom stereocenters. The van der Waals surface area contributed by atoms with Gasteiger partial charge in [0.05, 0.1) is 5.41 Å². The van der Waals surface area contributed by atoms with E-state index in [0.717, 1.165) is 48.8 Å². The van der Waals surface area contributed by atoms with Crippen molar-refractivity contribution in [1.82, 2.24) is 0 Å². The molecule has 0 amide bonds. The van der Waals surface area contributed by atoms with Gasteiger partial charge in [-0.3, -0.25) is 0 Å². The van der Waals surface area contributed by atoms with Crippen LogP contribution in [0.25, 0.3) is 10.8 Å². The lowest BCUT2D eigenvalue weighted by Crippen LogP contribution is -2.39. The molecule has 0 radical (unpaired) electrons. The fraction of sp³-hybridized carbons (Fsp3) is 0.267. The van der Waals surface area contributed by atoms with Crippen molar-refractivity contribution in [2.24, 2.45) is 0 Å². The fourth-order valence-electron chi connectivity index (χ4n) is 8.41. The summed E-state index contributed by atoms with van der Waals surface area (Å²) in [5.74, 6) is -1.06. The molecule has 0 N–H and O–H groups in total. The summed E-state index contributed by atoms with van der Waals surface area (Å²) in [6.07, 6.45) is 9.84. The first-order valence-corrected chi connectivity index (χ1v) is 17.7. The Morgan fingerprint density at radius 3 is 2.31 bits per heavy atom. The first-order chi connectivity index (χ1) is 23.8. The second kappa shape index (κ2) is 13.2. The van der Waals surface area contributed by atoms with Crippen LogP contribution in [0.5, 0.6) is 0 Å². The van der Waals surface area contributed by atoms with E-state index in [0.29, 0.717) is 18.4 Å². The standard InChI is InChI=1S/C45H45F2N2/c1-5-27-48-39-20-13-12-19-37(39)44(3,4)41(48)21-14-22-42-45(30-32-15-8-7-9-16-32,31-34-23-25-35(46)29-38(34)47)43-36-18-11-10-17-33(36)24-26-40(43)49(42)28-6-2/h7-26,29H,5-6,27-28,30-31H2,1-4H3/q+1. The quantitative estimate of drug-likeness (QED) is 0.136. The predicted molar refractivity (Wildman–Crippen MR) is 200 cm³/mol. The molecule has 0 aromatic heterocycles. The van der Waals surface area contributed by atoms with Gasteiger partial charge in [0.1, 0.15) is 18.2 Å². The van der Waals surface area contributed by atoms with Crippen LogP contribution < -0.4 is 4.90 Å². The lowest BCUT2D eigenvalue weighted by atomic mass is 9.67. The highest BCUT2D eigenvalue weighted by atomic mass is 19.1. The Morgan fingerprint density at radius 1 is 0.776 bits per heavy atom. The molecule has 0 bridgehead atoms. The highest BCUT2D eigenvalue weighted by Gasteiger charge is 2.52. The van der Waals surface area contributed by atoms with E-state index in [9.17, 15) is 4.39 Å². The van der Waals surface area contributed by atoms with Gasteiger partial charge in [0.2, 0.25) is 5.69 Å². The number of hydrogen-bond acceptors (Lipinski definition) is 1. The number of para-hydroxylation sites is 1. The maximum absolute atomic E-state index is 15.8. The van der Waals surface area contributed by atoms with Crippen molar-refractivity contribution >= 4 is 27.9 Å². The molecule has 2 nitrogen and oxygen atoms in total. The Bertz CT molecular complexity index is 2110. The van der Waals surface area contributed by atoms with Gasteiger partial charge in [-0.25, -0.2) is 8.78 Å². The molecule has 7 rings (SSSR count). The third-order valence-corrected chi connectivity index (χ3v) is 10.5. The Morgan fingerprint density at radius 2 is 1.53 bits per heavy atom. The molecular formula is C45H45F2N2+. The minimum absolute atomic E-state index is 0.156. The van der Waals surface area contributed by atoms with E-state index in [1.54, 1.807) is 6.07 Å². The maximum atomic E-state index is 15.8. The molecule has 2 heterocycles. The molecule has 0 spiro atoms. The number of nitrogens with zero attached hydrogens (tertiary/aromatic N) is 2. The van der Waals surface area contributed by atoms with Gasteiger partial charge in [-0.15, -0.1) is 0 Å². The van der Waals surface area contributed by atoms with Crippen molar-refractivity contribution in [3.8, 4) is 0 Å². The normalized spacial score (nSPS) is 19.0. The molecule has 1 atom stereocenters. The highest BCUT2D eigenvalue weighted by Crippen LogP contribution is 2.50. The fourth-order valence-corrected chi connectivity index (χ4v) is 8.41. The van der Waals surface area contributed by atoms with E-state index in [2.05, 4.69) is 140 Å². The van der Waals surface area contributed by atoms with E-state index >= 15 is 4.39 Å². The van der Waals surface area contributed by atoms with Crippen LogP contribution in [-0.2, 0) is 23.7 Å². The van der Waals surface area contributed by atoms with Crippen molar-refractivity contribution in [1.29, 1.82) is 0 Å². The minimum atomic E-state index is -0.627. The van der Waals surface area contributed by atoms with Crippen LogP contribution in [0.4, 0.5) is 20.2 Å². The largest absolute Gasteiger partial charge is 0.344 e. The van der Waals surface area contributed by atoms with Crippen molar-refractivity contribution in [3.05, 3.63) is 167 Å². The summed E-state index contributed by atoms with van der Waals surface area (Å²) in [4.78, 5) is 2.47. The molecule has 4 heteroatoms. The first-order valence-electron chi connectivity index (χ1n) is 17.7. The Hall–Kier alpha value is -4.83. The number of fused-ring (bicyclic) bond motifs is 4. The van der Waals surface area contributed by atoms with Gasteiger partial charge in [-0.2, -0.15) is 4.58 Å². The zero-order valence-corrected chi connectivity index (χ0v) is 29.0. The van der Waals surface area contributed by atoms with Gasteiger partial charge < -0.3 is 4.90 Å². The van der Waals surface area contributed by atoms with Gasteiger partial charge in [0, 0.05) is 53.5 Å². The van der Waals surface area contributed by atoms with Crippen LogP contribution in [0.2, 0.25) is 0 Å². The lowest BCUT2D eigenvalue weighted by Gasteiger charge is -2.30. The summed E-state index contributed by atoms with van der Waals surface area (Å²) < 4.78 is 32.5. The molecule has 0 saturated heterocycles. The van der Waals surface area contributed by atoms with E-state index in [1.807, 2.05) is 6.07 Å².